The van der Waals surface area contributed by atoms with Crippen LogP contribution in [0.2, 0.25) is 0 Å². The molecule has 0 aromatic rings. The Labute approximate surface area is 105 Å². The predicted octanol–water partition coefficient (Wildman–Crippen LogP) is 2.64. The minimum Gasteiger partial charge on any atom is -0.371 e. The molecule has 0 aromatic carbocycles. The van der Waals surface area contributed by atoms with Gasteiger partial charge in [-0.15, -0.1) is 0 Å². The molecule has 0 aromatic heterocycles. The lowest BCUT2D eigenvalue weighted by Crippen LogP contribution is -2.51. The summed E-state index contributed by atoms with van der Waals surface area (Å²) < 4.78 is 0. The van der Waals surface area contributed by atoms with E-state index in [0.717, 1.165) is 0 Å². The molecule has 0 radical (unpaired) electrons. The largest absolute Gasteiger partial charge is 0.371 e. The zero-order valence-electron chi connectivity index (χ0n) is 12.5. The first-order chi connectivity index (χ1) is 7.27. The number of carbonyl (C=O) groups is 1. The van der Waals surface area contributed by atoms with Crippen molar-refractivity contribution in [2.45, 2.75) is 60.6 Å². The highest BCUT2D eigenvalue weighted by atomic mass is 16.3. The topological polar surface area (TPSA) is 40.5 Å². The third kappa shape index (κ3) is 1.79. The van der Waals surface area contributed by atoms with Gasteiger partial charge in [0.25, 0.3) is 0 Å². The Morgan fingerprint density at radius 2 is 1.47 bits per heavy atom. The second-order valence-electron chi connectivity index (χ2n) is 7.66. The lowest BCUT2D eigenvalue weighted by atomic mass is 9.52. The zero-order valence-corrected chi connectivity index (χ0v) is 12.5. The first-order valence-electron chi connectivity index (χ1n) is 6.28. The van der Waals surface area contributed by atoms with Crippen molar-refractivity contribution in [2.75, 3.05) is 7.05 Å². The molecule has 3 heteroatoms. The molecule has 0 spiro atoms. The van der Waals surface area contributed by atoms with Crippen LogP contribution in [0.25, 0.3) is 0 Å². The lowest BCUT2D eigenvalue weighted by Gasteiger charge is -2.49. The van der Waals surface area contributed by atoms with E-state index in [1.807, 2.05) is 0 Å². The number of nitrogens with zero attached hydrogens (tertiary/aromatic N) is 1. The van der Waals surface area contributed by atoms with Gasteiger partial charge >= 0.3 is 0 Å². The molecule has 1 heterocycles. The number of rotatable bonds is 0. The molecule has 1 N–H and O–H groups in total. The third-order valence-corrected chi connectivity index (χ3v) is 4.55. The van der Waals surface area contributed by atoms with Gasteiger partial charge in [-0.1, -0.05) is 41.5 Å². The van der Waals surface area contributed by atoms with Crippen molar-refractivity contribution in [1.29, 1.82) is 0 Å². The van der Waals surface area contributed by atoms with Crippen molar-refractivity contribution in [2.24, 2.45) is 16.2 Å². The average molecular weight is 241 g/mol. The van der Waals surface area contributed by atoms with Gasteiger partial charge in [0, 0.05) is 13.5 Å². The minimum absolute atomic E-state index is 0.0579. The Balaban J connectivity index is 3.45. The monoisotopic (exact) mass is 241 g/mol. The van der Waals surface area contributed by atoms with Crippen LogP contribution < -0.4 is 0 Å². The van der Waals surface area contributed by atoms with Crippen molar-refractivity contribution < 1.29 is 9.90 Å². The first-order valence-corrected chi connectivity index (χ1v) is 6.28. The van der Waals surface area contributed by atoms with E-state index in [4.69, 9.17) is 0 Å². The molecule has 1 aliphatic heterocycles. The first kappa shape index (κ1) is 14.5. The van der Waals surface area contributed by atoms with E-state index in [1.54, 1.807) is 14.0 Å². The predicted molar refractivity (Wildman–Crippen MR) is 69.4 cm³/mol. The number of likely N-dealkylation sites (tertiary alicyclic amines) is 1. The van der Waals surface area contributed by atoms with Gasteiger partial charge in [-0.3, -0.25) is 4.79 Å². The van der Waals surface area contributed by atoms with E-state index in [1.165, 1.54) is 4.90 Å². The van der Waals surface area contributed by atoms with Gasteiger partial charge in [0.1, 0.15) is 5.72 Å². The number of hydrogen-bond acceptors (Lipinski definition) is 2. The van der Waals surface area contributed by atoms with Crippen molar-refractivity contribution in [3.8, 4) is 0 Å². The van der Waals surface area contributed by atoms with Gasteiger partial charge in [0.05, 0.1) is 5.41 Å². The van der Waals surface area contributed by atoms with E-state index in [0.29, 0.717) is 6.42 Å². The highest BCUT2D eigenvalue weighted by Gasteiger charge is 2.65. The van der Waals surface area contributed by atoms with E-state index < -0.39 is 11.1 Å². The van der Waals surface area contributed by atoms with Crippen LogP contribution in [-0.4, -0.2) is 28.7 Å². The van der Waals surface area contributed by atoms with Gasteiger partial charge in [0.2, 0.25) is 5.91 Å². The molecular formula is C14H27NO2. The number of amides is 1. The normalized spacial score (nSPS) is 29.9. The smallest absolute Gasteiger partial charge is 0.232 e. The summed E-state index contributed by atoms with van der Waals surface area (Å²) in [4.78, 5) is 14.2. The highest BCUT2D eigenvalue weighted by Crippen LogP contribution is 2.60. The maximum atomic E-state index is 12.7. The quantitative estimate of drug-likeness (QED) is 0.708. The molecule has 100 valence electrons. The maximum Gasteiger partial charge on any atom is 0.232 e. The molecule has 1 rings (SSSR count). The Morgan fingerprint density at radius 1 is 1.12 bits per heavy atom. The molecular weight excluding hydrogens is 214 g/mol. The summed E-state index contributed by atoms with van der Waals surface area (Å²) >= 11 is 0. The van der Waals surface area contributed by atoms with Crippen molar-refractivity contribution in [3.63, 3.8) is 0 Å². The number of aliphatic hydroxyl groups is 1. The van der Waals surface area contributed by atoms with Crippen LogP contribution in [0.3, 0.4) is 0 Å². The van der Waals surface area contributed by atoms with Crippen molar-refractivity contribution in [1.82, 2.24) is 4.90 Å². The SMILES string of the molecule is CN1C(=O)C(C(C)(C)C)(C(C)(C)C)CC1(C)O. The standard InChI is InChI=1S/C14H27NO2/c1-11(2,3)14(12(4,5)6)9-13(7,17)15(8)10(14)16/h17H,9H2,1-8H3. The molecule has 1 aliphatic rings. The van der Waals surface area contributed by atoms with Gasteiger partial charge in [-0.25, -0.2) is 0 Å². The van der Waals surface area contributed by atoms with E-state index in [9.17, 15) is 9.90 Å². The summed E-state index contributed by atoms with van der Waals surface area (Å²) in [7, 11) is 1.70. The molecule has 1 atom stereocenters. The van der Waals surface area contributed by atoms with Crippen LogP contribution in [0.1, 0.15) is 54.9 Å². The van der Waals surface area contributed by atoms with Crippen LogP contribution in [0, 0.1) is 16.2 Å². The summed E-state index contributed by atoms with van der Waals surface area (Å²) in [6, 6.07) is 0. The summed E-state index contributed by atoms with van der Waals surface area (Å²) in [5.74, 6) is 0.0579. The van der Waals surface area contributed by atoms with Crippen LogP contribution >= 0.6 is 0 Å². The Bertz CT molecular complexity index is 317. The minimum atomic E-state index is -1.04. The molecule has 0 aliphatic carbocycles. The summed E-state index contributed by atoms with van der Waals surface area (Å²) in [6.45, 7) is 14.3. The Kier molecular flexibility index (Phi) is 2.96. The molecule has 17 heavy (non-hydrogen) atoms. The van der Waals surface area contributed by atoms with Crippen LogP contribution in [0.4, 0.5) is 0 Å². The maximum absolute atomic E-state index is 12.7. The zero-order chi connectivity index (χ0) is 13.9. The van der Waals surface area contributed by atoms with Crippen molar-refractivity contribution >= 4 is 5.91 Å². The number of carbonyl (C=O) groups excluding carboxylic acids is 1. The average Bonchev–Trinajstić information content (AvgIpc) is 2.24. The number of hydrogen-bond donors (Lipinski definition) is 1. The van der Waals surface area contributed by atoms with E-state index in [2.05, 4.69) is 41.5 Å². The molecule has 1 fully saturated rings. The Morgan fingerprint density at radius 3 is 1.59 bits per heavy atom. The van der Waals surface area contributed by atoms with Gasteiger partial charge in [-0.2, -0.15) is 0 Å². The molecule has 0 saturated carbocycles. The highest BCUT2D eigenvalue weighted by molar-refractivity contribution is 5.87. The van der Waals surface area contributed by atoms with Gasteiger partial charge in [0.15, 0.2) is 0 Å². The van der Waals surface area contributed by atoms with Crippen molar-refractivity contribution in [3.05, 3.63) is 0 Å². The van der Waals surface area contributed by atoms with E-state index >= 15 is 0 Å². The summed E-state index contributed by atoms with van der Waals surface area (Å²) in [5.41, 5.74) is -1.94. The molecule has 1 saturated heterocycles. The van der Waals surface area contributed by atoms with Gasteiger partial charge in [-0.05, 0) is 17.8 Å². The van der Waals surface area contributed by atoms with Crippen LogP contribution in [-0.2, 0) is 4.79 Å². The fourth-order valence-electron chi connectivity index (χ4n) is 3.50. The summed E-state index contributed by atoms with van der Waals surface area (Å²) in [6.07, 6.45) is 0.488. The Hall–Kier alpha value is -0.570. The third-order valence-electron chi connectivity index (χ3n) is 4.55. The van der Waals surface area contributed by atoms with E-state index in [-0.39, 0.29) is 16.7 Å². The lowest BCUT2D eigenvalue weighted by molar-refractivity contribution is -0.152. The molecule has 3 nitrogen and oxygen atoms in total. The molecule has 1 unspecified atom stereocenters. The fraction of sp³-hybridized carbons (Fsp3) is 0.929. The second-order valence-corrected chi connectivity index (χ2v) is 7.66. The summed E-state index contributed by atoms with van der Waals surface area (Å²) in [5, 5.41) is 10.4. The molecule has 1 amide bonds. The fourth-order valence-corrected chi connectivity index (χ4v) is 3.50. The van der Waals surface area contributed by atoms with Crippen LogP contribution in [0.5, 0.6) is 0 Å². The van der Waals surface area contributed by atoms with Gasteiger partial charge < -0.3 is 10.0 Å². The molecule has 0 bridgehead atoms. The van der Waals surface area contributed by atoms with Crippen LogP contribution in [0.15, 0.2) is 0 Å². The second kappa shape index (κ2) is 3.47.